The second-order valence-corrected chi connectivity index (χ2v) is 8.04. The molecule has 0 atom stereocenters. The number of aromatic carboxylic acids is 1. The fourth-order valence-corrected chi connectivity index (χ4v) is 3.98. The lowest BCUT2D eigenvalue weighted by Crippen LogP contribution is -2.08. The zero-order valence-electron chi connectivity index (χ0n) is 18.8. The maximum Gasteiger partial charge on any atom is 0.337 e. The zero-order chi connectivity index (χ0) is 23.7. The molecule has 0 aliphatic carbocycles. The number of carboxylic acid groups (broad SMARTS) is 1. The fourth-order valence-electron chi connectivity index (χ4n) is 3.98. The highest BCUT2D eigenvalue weighted by molar-refractivity contribution is 5.95. The van der Waals surface area contributed by atoms with Crippen LogP contribution in [0, 0.1) is 6.92 Å². The second kappa shape index (κ2) is 8.78. The van der Waals surface area contributed by atoms with E-state index in [-0.39, 0.29) is 12.2 Å². The van der Waals surface area contributed by atoms with Crippen LogP contribution in [-0.2, 0) is 13.7 Å². The van der Waals surface area contributed by atoms with Gasteiger partial charge in [0, 0.05) is 42.2 Å². The number of ether oxygens (including phenoxy) is 1. The molecule has 5 rings (SSSR count). The number of fused-ring (bicyclic) bond motifs is 1. The Morgan fingerprint density at radius 1 is 1.03 bits per heavy atom. The van der Waals surface area contributed by atoms with Gasteiger partial charge in [0.15, 0.2) is 0 Å². The molecule has 0 amide bonds. The van der Waals surface area contributed by atoms with Gasteiger partial charge in [-0.05, 0) is 66.6 Å². The lowest BCUT2D eigenvalue weighted by Gasteiger charge is -2.11. The summed E-state index contributed by atoms with van der Waals surface area (Å²) in [5, 5.41) is 15.1. The molecule has 5 aromatic rings. The summed E-state index contributed by atoms with van der Waals surface area (Å²) in [5.41, 5.74) is 6.13. The third-order valence-electron chi connectivity index (χ3n) is 5.71. The van der Waals surface area contributed by atoms with Crippen LogP contribution in [0.2, 0.25) is 0 Å². The first kappa shape index (κ1) is 21.3. The number of aryl methyl sites for hydroxylation is 2. The second-order valence-electron chi connectivity index (χ2n) is 8.04. The van der Waals surface area contributed by atoms with Crippen molar-refractivity contribution in [2.24, 2.45) is 7.05 Å². The molecule has 7 heteroatoms. The third-order valence-corrected chi connectivity index (χ3v) is 5.71. The van der Waals surface area contributed by atoms with Crippen LogP contribution in [-0.4, -0.2) is 30.8 Å². The van der Waals surface area contributed by atoms with E-state index in [9.17, 15) is 9.90 Å². The van der Waals surface area contributed by atoms with Crippen molar-refractivity contribution in [3.63, 3.8) is 0 Å². The molecular weight excluding hydrogens is 428 g/mol. The summed E-state index contributed by atoms with van der Waals surface area (Å²) < 4.78 is 7.70. The molecule has 0 aliphatic heterocycles. The van der Waals surface area contributed by atoms with E-state index in [0.29, 0.717) is 11.4 Å². The molecule has 0 unspecified atom stereocenters. The van der Waals surface area contributed by atoms with Crippen molar-refractivity contribution in [1.29, 1.82) is 0 Å². The van der Waals surface area contributed by atoms with Gasteiger partial charge in [-0.3, -0.25) is 9.67 Å². The van der Waals surface area contributed by atoms with Gasteiger partial charge in [-0.15, -0.1) is 0 Å². The van der Waals surface area contributed by atoms with E-state index in [2.05, 4.69) is 15.1 Å². The van der Waals surface area contributed by atoms with Crippen molar-refractivity contribution in [2.75, 3.05) is 0 Å². The van der Waals surface area contributed by atoms with Crippen LogP contribution >= 0.6 is 0 Å². The number of carbonyl (C=O) groups is 1. The van der Waals surface area contributed by atoms with E-state index in [1.54, 1.807) is 23.1 Å². The van der Waals surface area contributed by atoms with Gasteiger partial charge in [0.2, 0.25) is 0 Å². The van der Waals surface area contributed by atoms with Gasteiger partial charge >= 0.3 is 5.97 Å². The molecule has 168 valence electrons. The Kier molecular flexibility index (Phi) is 5.51. The molecule has 0 aliphatic rings. The van der Waals surface area contributed by atoms with Crippen molar-refractivity contribution in [3.05, 3.63) is 96.1 Å². The summed E-state index contributed by atoms with van der Waals surface area (Å²) in [6, 6.07) is 18.9. The Morgan fingerprint density at radius 2 is 1.79 bits per heavy atom. The van der Waals surface area contributed by atoms with Crippen LogP contribution in [0.4, 0.5) is 0 Å². The molecule has 7 nitrogen and oxygen atoms in total. The lowest BCUT2D eigenvalue weighted by atomic mass is 10.0. The Balaban J connectivity index is 1.40. The molecule has 34 heavy (non-hydrogen) atoms. The van der Waals surface area contributed by atoms with Gasteiger partial charge in [0.05, 0.1) is 16.8 Å². The number of hydrogen-bond acceptors (Lipinski definition) is 5. The van der Waals surface area contributed by atoms with E-state index in [1.165, 1.54) is 0 Å². The van der Waals surface area contributed by atoms with Gasteiger partial charge in [-0.1, -0.05) is 12.1 Å². The summed E-state index contributed by atoms with van der Waals surface area (Å²) >= 11 is 0. The first-order valence-corrected chi connectivity index (χ1v) is 10.8. The topological polar surface area (TPSA) is 90.1 Å². The third kappa shape index (κ3) is 4.11. The molecule has 0 fully saturated rings. The van der Waals surface area contributed by atoms with E-state index >= 15 is 0 Å². The van der Waals surface area contributed by atoms with Gasteiger partial charge in [-0.25, -0.2) is 9.78 Å². The van der Waals surface area contributed by atoms with E-state index in [0.717, 1.165) is 38.9 Å². The minimum absolute atomic E-state index is 0.0523. The molecule has 3 aromatic heterocycles. The predicted molar refractivity (Wildman–Crippen MR) is 130 cm³/mol. The van der Waals surface area contributed by atoms with Crippen molar-refractivity contribution in [2.45, 2.75) is 13.5 Å². The highest BCUT2D eigenvalue weighted by Crippen LogP contribution is 2.31. The average Bonchev–Trinajstić information content (AvgIpc) is 3.25. The standard InChI is InChI=1S/C27H22N4O3/c1-17-4-3-5-24-21(17)14-22(27(32)33)25(29-24)16-34-20-8-6-19(7-9-20)26-23(15-31(2)30-26)18-10-12-28-13-11-18/h3-15H,16H2,1-2H3,(H,32,33). The summed E-state index contributed by atoms with van der Waals surface area (Å²) in [6.07, 6.45) is 5.50. The van der Waals surface area contributed by atoms with Crippen molar-refractivity contribution in [3.8, 4) is 28.1 Å². The zero-order valence-corrected chi connectivity index (χ0v) is 18.8. The first-order valence-electron chi connectivity index (χ1n) is 10.8. The van der Waals surface area contributed by atoms with Crippen molar-refractivity contribution < 1.29 is 14.6 Å². The molecule has 3 heterocycles. The number of benzene rings is 2. The van der Waals surface area contributed by atoms with E-state index in [1.807, 2.05) is 74.8 Å². The monoisotopic (exact) mass is 450 g/mol. The van der Waals surface area contributed by atoms with Gasteiger partial charge in [-0.2, -0.15) is 5.10 Å². The van der Waals surface area contributed by atoms with Crippen LogP contribution < -0.4 is 4.74 Å². The number of aromatic nitrogens is 4. The molecular formula is C27H22N4O3. The molecule has 2 aromatic carbocycles. The molecule has 0 bridgehead atoms. The molecule has 0 spiro atoms. The smallest absolute Gasteiger partial charge is 0.337 e. The first-order chi connectivity index (χ1) is 16.5. The summed E-state index contributed by atoms with van der Waals surface area (Å²) in [5.74, 6) is -0.405. The summed E-state index contributed by atoms with van der Waals surface area (Å²) in [6.45, 7) is 1.99. The van der Waals surface area contributed by atoms with Crippen LogP contribution in [0.5, 0.6) is 5.75 Å². The van der Waals surface area contributed by atoms with Gasteiger partial charge < -0.3 is 9.84 Å². The number of hydrogen-bond donors (Lipinski definition) is 1. The minimum atomic E-state index is -1.02. The number of nitrogens with zero attached hydrogens (tertiary/aromatic N) is 4. The van der Waals surface area contributed by atoms with Crippen molar-refractivity contribution >= 4 is 16.9 Å². The van der Waals surface area contributed by atoms with Crippen LogP contribution in [0.25, 0.3) is 33.3 Å². The molecule has 0 radical (unpaired) electrons. The quantitative estimate of drug-likeness (QED) is 0.378. The largest absolute Gasteiger partial charge is 0.487 e. The van der Waals surface area contributed by atoms with E-state index < -0.39 is 5.97 Å². The number of carboxylic acids is 1. The maximum absolute atomic E-state index is 11.8. The summed E-state index contributed by atoms with van der Waals surface area (Å²) in [7, 11) is 1.89. The normalized spacial score (nSPS) is 11.0. The van der Waals surface area contributed by atoms with Crippen LogP contribution in [0.1, 0.15) is 21.6 Å². The predicted octanol–water partition coefficient (Wildman–Crippen LogP) is 5.28. The number of rotatable bonds is 6. The Bertz CT molecular complexity index is 1490. The maximum atomic E-state index is 11.8. The number of pyridine rings is 2. The summed E-state index contributed by atoms with van der Waals surface area (Å²) in [4.78, 5) is 20.5. The Morgan fingerprint density at radius 3 is 2.53 bits per heavy atom. The average molecular weight is 450 g/mol. The highest BCUT2D eigenvalue weighted by Gasteiger charge is 2.16. The van der Waals surface area contributed by atoms with Gasteiger partial charge in [0.25, 0.3) is 0 Å². The van der Waals surface area contributed by atoms with Crippen molar-refractivity contribution in [1.82, 2.24) is 19.7 Å². The lowest BCUT2D eigenvalue weighted by molar-refractivity contribution is 0.0693. The molecule has 0 saturated heterocycles. The van der Waals surface area contributed by atoms with E-state index in [4.69, 9.17) is 4.74 Å². The SMILES string of the molecule is Cc1cccc2nc(COc3ccc(-c4nn(C)cc4-c4ccncc4)cc3)c(C(=O)O)cc12. The Hall–Kier alpha value is -4.52. The van der Waals surface area contributed by atoms with Crippen LogP contribution in [0.3, 0.4) is 0 Å². The fraction of sp³-hybridized carbons (Fsp3) is 0.111. The van der Waals surface area contributed by atoms with Gasteiger partial charge in [0.1, 0.15) is 18.1 Å². The molecule has 0 saturated carbocycles. The highest BCUT2D eigenvalue weighted by atomic mass is 16.5. The minimum Gasteiger partial charge on any atom is -0.487 e. The van der Waals surface area contributed by atoms with Crippen LogP contribution in [0.15, 0.2) is 79.3 Å². The molecule has 1 N–H and O–H groups in total. The Labute approximate surface area is 196 Å².